The van der Waals surface area contributed by atoms with E-state index in [2.05, 4.69) is 26.6 Å². The number of nitrogens with zero attached hydrogens (tertiary/aromatic N) is 3. The molecule has 3 heterocycles. The molecule has 1 saturated carbocycles. The van der Waals surface area contributed by atoms with Gasteiger partial charge in [-0.15, -0.1) is 0 Å². The summed E-state index contributed by atoms with van der Waals surface area (Å²) in [6.45, 7) is 0.958. The summed E-state index contributed by atoms with van der Waals surface area (Å²) in [6.07, 6.45) is -1.26. The highest BCUT2D eigenvalue weighted by molar-refractivity contribution is 5.93. The van der Waals surface area contributed by atoms with Crippen molar-refractivity contribution in [1.29, 1.82) is 5.26 Å². The molecular formula is C23H24F3N5O. The predicted molar refractivity (Wildman–Crippen MR) is 111 cm³/mol. The van der Waals surface area contributed by atoms with E-state index in [0.29, 0.717) is 28.6 Å². The number of nitriles is 1. The monoisotopic (exact) mass is 443 g/mol. The van der Waals surface area contributed by atoms with E-state index in [1.54, 1.807) is 30.5 Å². The van der Waals surface area contributed by atoms with Crippen LogP contribution in [0.15, 0.2) is 30.5 Å². The summed E-state index contributed by atoms with van der Waals surface area (Å²) in [6, 6.07) is 8.07. The highest BCUT2D eigenvalue weighted by Gasteiger charge is 2.87. The van der Waals surface area contributed by atoms with Gasteiger partial charge in [-0.05, 0) is 50.6 Å². The zero-order chi connectivity index (χ0) is 22.7. The Balaban J connectivity index is 1.54. The van der Waals surface area contributed by atoms with Gasteiger partial charge in [0.15, 0.2) is 0 Å². The minimum absolute atomic E-state index is 0.141. The Morgan fingerprint density at radius 3 is 2.88 bits per heavy atom. The minimum atomic E-state index is -4.50. The first-order chi connectivity index (χ1) is 15.2. The number of fused-ring (bicyclic) bond motifs is 2. The molecule has 1 aliphatic carbocycles. The van der Waals surface area contributed by atoms with Gasteiger partial charge in [0.1, 0.15) is 6.07 Å². The summed E-state index contributed by atoms with van der Waals surface area (Å²) in [4.78, 5) is 19.8. The van der Waals surface area contributed by atoms with E-state index < -0.39 is 29.0 Å². The van der Waals surface area contributed by atoms with Crippen LogP contribution in [0.25, 0.3) is 10.9 Å². The maximum Gasteiger partial charge on any atom is 0.396 e. The molecule has 1 amide bonds. The second-order valence-electron chi connectivity index (χ2n) is 9.24. The third-order valence-electron chi connectivity index (χ3n) is 7.76. The first-order valence-corrected chi connectivity index (χ1v) is 10.8. The van der Waals surface area contributed by atoms with E-state index in [4.69, 9.17) is 0 Å². The topological polar surface area (TPSA) is 81.0 Å². The third kappa shape index (κ3) is 2.79. The smallest absolute Gasteiger partial charge is 0.354 e. The zero-order valence-electron chi connectivity index (χ0n) is 17.7. The molecule has 6 nitrogen and oxygen atoms in total. The van der Waals surface area contributed by atoms with Crippen molar-refractivity contribution in [3.63, 3.8) is 0 Å². The maximum atomic E-state index is 14.2. The van der Waals surface area contributed by atoms with Crippen LogP contribution in [0.5, 0.6) is 0 Å². The van der Waals surface area contributed by atoms with Crippen molar-refractivity contribution in [1.82, 2.24) is 20.5 Å². The van der Waals surface area contributed by atoms with Crippen LogP contribution >= 0.6 is 0 Å². The lowest BCUT2D eigenvalue weighted by Gasteiger charge is -2.27. The summed E-state index contributed by atoms with van der Waals surface area (Å²) in [7, 11) is 1.97. The number of nitrogens with one attached hydrogen (secondary N) is 2. The fourth-order valence-electron chi connectivity index (χ4n) is 5.88. The Hall–Kier alpha value is -2.70. The lowest BCUT2D eigenvalue weighted by molar-refractivity contribution is -0.192. The number of carbonyl (C=O) groups excluding carboxylic acids is 1. The van der Waals surface area contributed by atoms with Gasteiger partial charge in [-0.25, -0.2) is 0 Å². The molecule has 1 aromatic heterocycles. The van der Waals surface area contributed by atoms with Gasteiger partial charge >= 0.3 is 6.18 Å². The molecule has 2 aliphatic heterocycles. The number of rotatable bonds is 4. The van der Waals surface area contributed by atoms with E-state index >= 15 is 0 Å². The Kier molecular flexibility index (Phi) is 4.73. The number of likely N-dealkylation sites (N-methyl/N-ethyl adjacent to an activating group) is 1. The summed E-state index contributed by atoms with van der Waals surface area (Å²) in [5.74, 6) is -0.550. The van der Waals surface area contributed by atoms with Crippen molar-refractivity contribution in [2.45, 2.75) is 37.5 Å². The van der Waals surface area contributed by atoms with Crippen LogP contribution in [0.1, 0.15) is 36.4 Å². The number of hydrogen-bond donors (Lipinski definition) is 2. The van der Waals surface area contributed by atoms with Crippen LogP contribution in [0.4, 0.5) is 13.2 Å². The quantitative estimate of drug-likeness (QED) is 0.760. The average molecular weight is 443 g/mol. The molecule has 0 radical (unpaired) electrons. The molecule has 5 rings (SSSR count). The molecule has 0 bridgehead atoms. The first kappa shape index (κ1) is 21.2. The van der Waals surface area contributed by atoms with Crippen LogP contribution in [-0.2, 0) is 4.79 Å². The fourth-order valence-corrected chi connectivity index (χ4v) is 5.88. The molecule has 2 aromatic rings. The predicted octanol–water partition coefficient (Wildman–Crippen LogP) is 2.90. The van der Waals surface area contributed by atoms with Gasteiger partial charge in [0.25, 0.3) is 0 Å². The molecule has 4 unspecified atom stereocenters. The van der Waals surface area contributed by atoms with Crippen molar-refractivity contribution < 1.29 is 18.0 Å². The van der Waals surface area contributed by atoms with Gasteiger partial charge in [-0.1, -0.05) is 12.1 Å². The molecule has 4 atom stereocenters. The number of likely N-dealkylation sites (tertiary alicyclic amines) is 1. The lowest BCUT2D eigenvalue weighted by atomic mass is 9.83. The first-order valence-electron chi connectivity index (χ1n) is 10.8. The van der Waals surface area contributed by atoms with Crippen molar-refractivity contribution in [2.24, 2.45) is 10.8 Å². The Morgan fingerprint density at radius 1 is 1.41 bits per heavy atom. The van der Waals surface area contributed by atoms with E-state index in [1.165, 1.54) is 0 Å². The largest absolute Gasteiger partial charge is 0.396 e. The molecular weight excluding hydrogens is 419 g/mol. The standard InChI is InChI=1S/C23H24F3N5O/c1-31-9-3-4-15(31)11-29-20(32)22-12-21(22,23(24,25)26)13-30-19(22)17-7-6-14(10-27)18-16(17)5-2-8-28-18/h2,5-8,15,19,30H,3-4,9,11-13H2,1H3,(H,29,32). The number of piperidine rings is 1. The summed E-state index contributed by atoms with van der Waals surface area (Å²) in [5, 5.41) is 15.9. The Morgan fingerprint density at radius 2 is 2.22 bits per heavy atom. The average Bonchev–Trinajstić information content (AvgIpc) is 3.12. The molecule has 3 aliphatic rings. The Labute approximate surface area is 183 Å². The normalized spacial score (nSPS) is 32.0. The summed E-state index contributed by atoms with van der Waals surface area (Å²) >= 11 is 0. The van der Waals surface area contributed by atoms with E-state index in [1.807, 2.05) is 7.05 Å². The van der Waals surface area contributed by atoms with Crippen LogP contribution in [0, 0.1) is 22.2 Å². The van der Waals surface area contributed by atoms with E-state index in [-0.39, 0.29) is 19.0 Å². The molecule has 0 spiro atoms. The number of carbonyl (C=O) groups is 1. The van der Waals surface area contributed by atoms with Crippen LogP contribution in [0.3, 0.4) is 0 Å². The summed E-state index contributed by atoms with van der Waals surface area (Å²) in [5.41, 5.74) is -2.34. The van der Waals surface area contributed by atoms with E-state index in [0.717, 1.165) is 19.4 Å². The SMILES string of the molecule is CN1CCCC1CNC(=O)C12CC1(C(F)(F)F)CNC2c1ccc(C#N)c2ncccc12. The van der Waals surface area contributed by atoms with Gasteiger partial charge in [0.05, 0.1) is 21.9 Å². The number of amides is 1. The number of halogens is 3. The van der Waals surface area contributed by atoms with Gasteiger partial charge in [0.2, 0.25) is 5.91 Å². The number of alkyl halides is 3. The maximum absolute atomic E-state index is 14.2. The van der Waals surface area contributed by atoms with Crippen LogP contribution in [0.2, 0.25) is 0 Å². The van der Waals surface area contributed by atoms with Crippen molar-refractivity contribution in [3.8, 4) is 6.07 Å². The van der Waals surface area contributed by atoms with Crippen LogP contribution in [-0.4, -0.2) is 54.7 Å². The highest BCUT2D eigenvalue weighted by Crippen LogP contribution is 2.78. The van der Waals surface area contributed by atoms with Crippen LogP contribution < -0.4 is 10.6 Å². The van der Waals surface area contributed by atoms with Crippen molar-refractivity contribution in [3.05, 3.63) is 41.6 Å². The number of hydrogen-bond acceptors (Lipinski definition) is 5. The van der Waals surface area contributed by atoms with Crippen molar-refractivity contribution >= 4 is 16.8 Å². The molecule has 2 saturated heterocycles. The number of aromatic nitrogens is 1. The van der Waals surface area contributed by atoms with Gasteiger partial charge in [-0.3, -0.25) is 9.78 Å². The Bertz CT molecular complexity index is 1130. The van der Waals surface area contributed by atoms with Gasteiger partial charge < -0.3 is 15.5 Å². The molecule has 168 valence electrons. The molecule has 3 fully saturated rings. The molecule has 9 heteroatoms. The second-order valence-corrected chi connectivity index (χ2v) is 9.24. The molecule has 1 aromatic carbocycles. The number of pyridine rings is 1. The molecule has 2 N–H and O–H groups in total. The van der Waals surface area contributed by atoms with E-state index in [9.17, 15) is 23.2 Å². The highest BCUT2D eigenvalue weighted by atomic mass is 19.4. The third-order valence-corrected chi connectivity index (χ3v) is 7.76. The summed E-state index contributed by atoms with van der Waals surface area (Å²) < 4.78 is 42.7. The zero-order valence-corrected chi connectivity index (χ0v) is 17.7. The second kappa shape index (κ2) is 7.15. The minimum Gasteiger partial charge on any atom is -0.354 e. The van der Waals surface area contributed by atoms with Gasteiger partial charge in [-0.2, -0.15) is 18.4 Å². The fraction of sp³-hybridized carbons (Fsp3) is 0.522. The van der Waals surface area contributed by atoms with Gasteiger partial charge in [0, 0.05) is 36.8 Å². The van der Waals surface area contributed by atoms with Crippen molar-refractivity contribution in [2.75, 3.05) is 26.7 Å². The molecule has 32 heavy (non-hydrogen) atoms. The number of benzene rings is 1. The lowest BCUT2D eigenvalue weighted by Crippen LogP contribution is -2.45.